The minimum atomic E-state index is -4.48. The van der Waals surface area contributed by atoms with E-state index in [0.717, 1.165) is 22.0 Å². The minimum Gasteiger partial charge on any atom is -0.372 e. The molecule has 0 radical (unpaired) electrons. The molecule has 0 aliphatic heterocycles. The fraction of sp³-hybridized carbons (Fsp3) is 0.316. The second kappa shape index (κ2) is 9.68. The van der Waals surface area contributed by atoms with Crippen LogP contribution >= 0.6 is 15.9 Å². The molecule has 3 rings (SSSR count). The molecule has 28 heavy (non-hydrogen) atoms. The molecule has 0 spiro atoms. The Morgan fingerprint density at radius 1 is 1.18 bits per heavy atom. The van der Waals surface area contributed by atoms with E-state index in [9.17, 15) is 22.8 Å². The maximum atomic E-state index is 12.8. The van der Waals surface area contributed by atoms with Crippen LogP contribution in [0.25, 0.3) is 11.0 Å². The minimum absolute atomic E-state index is 0.0613. The van der Waals surface area contributed by atoms with E-state index in [1.54, 1.807) is 0 Å². The molecular formula is C19H18BrF3N2O3. The highest BCUT2D eigenvalue weighted by atomic mass is 79.9. The van der Waals surface area contributed by atoms with Crippen molar-refractivity contribution < 1.29 is 17.6 Å². The molecule has 0 fully saturated rings. The Hall–Kier alpha value is -2.42. The number of nitrogens with zero attached hydrogens (tertiary/aromatic N) is 2. The number of alkyl halides is 4. The number of pyridine rings is 1. The summed E-state index contributed by atoms with van der Waals surface area (Å²) >= 11 is 3.31. The van der Waals surface area contributed by atoms with E-state index < -0.39 is 23.1 Å². The Kier molecular flexibility index (Phi) is 7.56. The summed E-state index contributed by atoms with van der Waals surface area (Å²) in [5.74, 6) is -0.974. The number of halogens is 4. The molecule has 0 saturated carbocycles. The van der Waals surface area contributed by atoms with Crippen molar-refractivity contribution in [1.29, 1.82) is 0 Å². The molecule has 0 saturated heterocycles. The van der Waals surface area contributed by atoms with Gasteiger partial charge in [-0.2, -0.15) is 13.2 Å². The fourth-order valence-corrected chi connectivity index (χ4v) is 2.91. The molecule has 0 aliphatic rings. The summed E-state index contributed by atoms with van der Waals surface area (Å²) in [4.78, 5) is 27.4. The van der Waals surface area contributed by atoms with E-state index in [-0.39, 0.29) is 23.1 Å². The predicted molar refractivity (Wildman–Crippen MR) is 104 cm³/mol. The molecular weight excluding hydrogens is 441 g/mol. The largest absolute Gasteiger partial charge is 0.423 e. The smallest absolute Gasteiger partial charge is 0.372 e. The number of benzene rings is 1. The molecule has 0 aliphatic carbocycles. The van der Waals surface area contributed by atoms with E-state index in [4.69, 9.17) is 0 Å². The molecule has 0 bridgehead atoms. The van der Waals surface area contributed by atoms with Gasteiger partial charge >= 0.3 is 17.6 Å². The lowest BCUT2D eigenvalue weighted by atomic mass is 10.1. The Morgan fingerprint density at radius 2 is 1.93 bits per heavy atom. The lowest BCUT2D eigenvalue weighted by Gasteiger charge is -2.10. The average molecular weight is 459 g/mol. The molecule has 5 nitrogen and oxygen atoms in total. The zero-order chi connectivity index (χ0) is 20.7. The second-order valence-electron chi connectivity index (χ2n) is 5.86. The van der Waals surface area contributed by atoms with E-state index in [2.05, 4.69) is 32.3 Å². The first-order valence-corrected chi connectivity index (χ1v) is 9.60. The molecule has 2 aromatic heterocycles. The topological polar surface area (TPSA) is 65.1 Å². The normalized spacial score (nSPS) is 11.2. The van der Waals surface area contributed by atoms with E-state index in [1.165, 1.54) is 43.3 Å². The Morgan fingerprint density at radius 3 is 2.54 bits per heavy atom. The van der Waals surface area contributed by atoms with Crippen LogP contribution in [0.3, 0.4) is 0 Å². The molecule has 2 heterocycles. The predicted octanol–water partition coefficient (Wildman–Crippen LogP) is 4.60. The Labute approximate surface area is 167 Å². The highest BCUT2D eigenvalue weighted by Crippen LogP contribution is 2.29. The van der Waals surface area contributed by atoms with Crippen LogP contribution in [-0.4, -0.2) is 14.9 Å². The van der Waals surface area contributed by atoms with Crippen LogP contribution in [-0.2, 0) is 12.7 Å². The van der Waals surface area contributed by atoms with Crippen molar-refractivity contribution in [2.45, 2.75) is 32.5 Å². The highest BCUT2D eigenvalue weighted by molar-refractivity contribution is 9.09. The van der Waals surface area contributed by atoms with Gasteiger partial charge < -0.3 is 4.42 Å². The van der Waals surface area contributed by atoms with Crippen LogP contribution in [0, 0.1) is 0 Å². The monoisotopic (exact) mass is 458 g/mol. The zero-order valence-electron chi connectivity index (χ0n) is 15.0. The number of unbranched alkanes of at least 4 members (excludes halogenated alkanes) is 1. The van der Waals surface area contributed by atoms with Crippen LogP contribution in [0.4, 0.5) is 13.2 Å². The van der Waals surface area contributed by atoms with Crippen molar-refractivity contribution in [3.63, 3.8) is 0 Å². The zero-order valence-corrected chi connectivity index (χ0v) is 16.6. The van der Waals surface area contributed by atoms with Gasteiger partial charge in [-0.1, -0.05) is 41.4 Å². The third-order valence-electron chi connectivity index (χ3n) is 3.74. The number of hydrogen-bond donors (Lipinski definition) is 0. The van der Waals surface area contributed by atoms with E-state index in [0.29, 0.717) is 0 Å². The summed E-state index contributed by atoms with van der Waals surface area (Å²) < 4.78 is 43.9. The van der Waals surface area contributed by atoms with Crippen molar-refractivity contribution in [2.24, 2.45) is 0 Å². The fourth-order valence-electron chi connectivity index (χ4n) is 2.35. The molecule has 150 valence electrons. The van der Waals surface area contributed by atoms with Gasteiger partial charge in [-0.25, -0.2) is 14.6 Å². The molecule has 9 heteroatoms. The van der Waals surface area contributed by atoms with Gasteiger partial charge in [0.25, 0.3) is 0 Å². The second-order valence-corrected chi connectivity index (χ2v) is 6.65. The third kappa shape index (κ3) is 5.54. The highest BCUT2D eigenvalue weighted by Gasteiger charge is 2.30. The van der Waals surface area contributed by atoms with E-state index >= 15 is 0 Å². The van der Waals surface area contributed by atoms with Crippen LogP contribution in [0.5, 0.6) is 0 Å². The number of fused-ring (bicyclic) bond motifs is 1. The maximum Gasteiger partial charge on any atom is 0.423 e. The summed E-state index contributed by atoms with van der Waals surface area (Å²) in [5, 5.41) is 1.24. The van der Waals surface area contributed by atoms with Crippen molar-refractivity contribution >= 4 is 27.0 Å². The van der Waals surface area contributed by atoms with Crippen molar-refractivity contribution in [2.75, 3.05) is 5.33 Å². The summed E-state index contributed by atoms with van der Waals surface area (Å²) in [7, 11) is 0. The Balaban J connectivity index is 0.000000500. The number of rotatable bonds is 4. The summed E-state index contributed by atoms with van der Waals surface area (Å²) in [6.45, 7) is 1.99. The average Bonchev–Trinajstić information content (AvgIpc) is 2.66. The van der Waals surface area contributed by atoms with Gasteiger partial charge in [0.05, 0.1) is 12.1 Å². The summed E-state index contributed by atoms with van der Waals surface area (Å²) in [6, 6.07) is 7.49. The molecule has 1 aromatic carbocycles. The van der Waals surface area contributed by atoms with Crippen molar-refractivity contribution in [1.82, 2.24) is 9.55 Å². The van der Waals surface area contributed by atoms with E-state index in [1.807, 2.05) is 0 Å². The SMILES string of the molecule is CCCCBr.O=c1oc(=O)n(Cc2cccc(C(F)(F)F)c2)c2ncccc12. The number of hydrogen-bond acceptors (Lipinski definition) is 4. The van der Waals surface area contributed by atoms with Gasteiger partial charge in [-0.05, 0) is 36.2 Å². The van der Waals surface area contributed by atoms with Crippen molar-refractivity contribution in [3.8, 4) is 0 Å². The first-order valence-electron chi connectivity index (χ1n) is 8.48. The molecule has 0 unspecified atom stereocenters. The van der Waals surface area contributed by atoms with Gasteiger partial charge in [-0.3, -0.25) is 4.57 Å². The lowest BCUT2D eigenvalue weighted by Crippen LogP contribution is -2.26. The molecule has 0 amide bonds. The maximum absolute atomic E-state index is 12.8. The van der Waals surface area contributed by atoms with Crippen molar-refractivity contribution in [3.05, 3.63) is 74.7 Å². The molecule has 3 aromatic rings. The standard InChI is InChI=1S/C15H9F3N2O3.C4H9Br/c16-15(17,18)10-4-1-3-9(7-10)8-20-12-11(5-2-6-19-12)13(21)23-14(20)22;1-2-3-4-5/h1-7H,8H2;2-4H2,1H3. The van der Waals surface area contributed by atoms with Gasteiger partial charge in [-0.15, -0.1) is 0 Å². The van der Waals surface area contributed by atoms with Gasteiger partial charge in [0.15, 0.2) is 5.65 Å². The lowest BCUT2D eigenvalue weighted by molar-refractivity contribution is -0.137. The van der Waals surface area contributed by atoms with Gasteiger partial charge in [0.1, 0.15) is 5.39 Å². The van der Waals surface area contributed by atoms with Crippen LogP contribution < -0.4 is 11.4 Å². The first-order chi connectivity index (χ1) is 13.3. The number of aromatic nitrogens is 2. The Bertz CT molecular complexity index is 1040. The summed E-state index contributed by atoms with van der Waals surface area (Å²) in [5.41, 5.74) is -1.36. The molecule has 0 atom stereocenters. The first kappa shape index (κ1) is 21.9. The van der Waals surface area contributed by atoms with Crippen LogP contribution in [0.1, 0.15) is 30.9 Å². The van der Waals surface area contributed by atoms with Gasteiger partial charge in [0.2, 0.25) is 0 Å². The quantitative estimate of drug-likeness (QED) is 0.536. The van der Waals surface area contributed by atoms with Crippen LogP contribution in [0.2, 0.25) is 0 Å². The van der Waals surface area contributed by atoms with Crippen LogP contribution in [0.15, 0.2) is 56.6 Å². The summed E-state index contributed by atoms with van der Waals surface area (Å²) in [6.07, 6.45) is -0.500. The van der Waals surface area contributed by atoms with Gasteiger partial charge in [0, 0.05) is 11.5 Å². The third-order valence-corrected chi connectivity index (χ3v) is 4.31. The molecule has 0 N–H and O–H groups in total.